The number of methoxy groups -OCH3 is 2. The van der Waals surface area contributed by atoms with E-state index in [-0.39, 0.29) is 5.91 Å². The molecular weight excluding hydrogens is 442 g/mol. The predicted molar refractivity (Wildman–Crippen MR) is 135 cm³/mol. The van der Waals surface area contributed by atoms with Gasteiger partial charge in [0.2, 0.25) is 11.8 Å². The second kappa shape index (κ2) is 9.69. The number of anilines is 1. The molecule has 0 spiro atoms. The summed E-state index contributed by atoms with van der Waals surface area (Å²) in [6.45, 7) is 0. The second-order valence-electron chi connectivity index (χ2n) is 7.94. The van der Waals surface area contributed by atoms with Gasteiger partial charge in [-0.3, -0.25) is 4.79 Å². The molecule has 1 aromatic heterocycles. The minimum Gasteiger partial charge on any atom is -0.493 e. The van der Waals surface area contributed by atoms with Crippen LogP contribution in [0.2, 0.25) is 0 Å². The lowest BCUT2D eigenvalue weighted by atomic mass is 10.1. The van der Waals surface area contributed by atoms with Gasteiger partial charge in [-0.25, -0.2) is 9.97 Å². The Morgan fingerprint density at radius 3 is 2.37 bits per heavy atom. The Hall–Kier alpha value is -4.65. The molecule has 4 aromatic carbocycles. The van der Waals surface area contributed by atoms with Crippen molar-refractivity contribution in [3.63, 3.8) is 0 Å². The zero-order valence-electron chi connectivity index (χ0n) is 19.3. The van der Waals surface area contributed by atoms with E-state index in [2.05, 4.69) is 15.3 Å². The molecule has 0 aliphatic heterocycles. The van der Waals surface area contributed by atoms with Crippen LogP contribution in [0.25, 0.3) is 21.7 Å². The Balaban J connectivity index is 1.37. The first-order chi connectivity index (χ1) is 17.1. The number of aromatic nitrogens is 2. The number of amides is 1. The number of carbonyl (C=O) groups is 1. The van der Waals surface area contributed by atoms with Crippen molar-refractivity contribution in [1.29, 1.82) is 0 Å². The molecule has 7 heteroatoms. The highest BCUT2D eigenvalue weighted by atomic mass is 16.5. The van der Waals surface area contributed by atoms with Crippen LogP contribution >= 0.6 is 0 Å². The third-order valence-electron chi connectivity index (χ3n) is 5.62. The van der Waals surface area contributed by atoms with E-state index in [1.165, 1.54) is 6.33 Å². The van der Waals surface area contributed by atoms with Crippen molar-refractivity contribution >= 4 is 33.3 Å². The van der Waals surface area contributed by atoms with Crippen LogP contribution in [0.1, 0.15) is 5.56 Å². The van der Waals surface area contributed by atoms with Crippen LogP contribution in [0.15, 0.2) is 85.2 Å². The van der Waals surface area contributed by atoms with Crippen LogP contribution in [0.5, 0.6) is 23.1 Å². The Morgan fingerprint density at radius 1 is 0.829 bits per heavy atom. The van der Waals surface area contributed by atoms with Crippen LogP contribution in [0.4, 0.5) is 5.69 Å². The lowest BCUT2D eigenvalue weighted by Crippen LogP contribution is -2.14. The van der Waals surface area contributed by atoms with Gasteiger partial charge in [0.1, 0.15) is 12.1 Å². The van der Waals surface area contributed by atoms with E-state index in [0.29, 0.717) is 40.5 Å². The smallest absolute Gasteiger partial charge is 0.230 e. The van der Waals surface area contributed by atoms with E-state index in [0.717, 1.165) is 22.0 Å². The molecule has 5 aromatic rings. The quantitative estimate of drug-likeness (QED) is 0.328. The molecule has 0 aliphatic rings. The summed E-state index contributed by atoms with van der Waals surface area (Å²) < 4.78 is 16.9. The Kier molecular flexibility index (Phi) is 6.13. The van der Waals surface area contributed by atoms with Gasteiger partial charge in [0.25, 0.3) is 0 Å². The standard InChI is InChI=1S/C28H23N3O4/c1-33-25-15-23-24(16-26(25)34-2)29-17-30-28(23)35-22-11-9-19-13-21(10-8-20(19)14-22)31-27(32)12-18-6-4-3-5-7-18/h3-11,13-17H,12H2,1-2H3,(H,31,32). The van der Waals surface area contributed by atoms with E-state index in [4.69, 9.17) is 14.2 Å². The molecular formula is C28H23N3O4. The van der Waals surface area contributed by atoms with Gasteiger partial charge < -0.3 is 19.5 Å². The van der Waals surface area contributed by atoms with Crippen LogP contribution < -0.4 is 19.5 Å². The normalized spacial score (nSPS) is 10.8. The lowest BCUT2D eigenvalue weighted by Gasteiger charge is -2.12. The van der Waals surface area contributed by atoms with Crippen molar-refractivity contribution in [1.82, 2.24) is 9.97 Å². The summed E-state index contributed by atoms with van der Waals surface area (Å²) in [5.41, 5.74) is 2.40. The number of hydrogen-bond donors (Lipinski definition) is 1. The van der Waals surface area contributed by atoms with E-state index in [1.54, 1.807) is 26.4 Å². The third-order valence-corrected chi connectivity index (χ3v) is 5.62. The van der Waals surface area contributed by atoms with Crippen LogP contribution in [0.3, 0.4) is 0 Å². The largest absolute Gasteiger partial charge is 0.493 e. The Morgan fingerprint density at radius 2 is 1.57 bits per heavy atom. The number of benzene rings is 4. The molecule has 7 nitrogen and oxygen atoms in total. The SMILES string of the molecule is COc1cc2ncnc(Oc3ccc4cc(NC(=O)Cc5ccccc5)ccc4c3)c2cc1OC. The summed E-state index contributed by atoms with van der Waals surface area (Å²) >= 11 is 0. The van der Waals surface area contributed by atoms with Crippen molar-refractivity contribution < 1.29 is 19.0 Å². The zero-order valence-corrected chi connectivity index (χ0v) is 19.3. The van der Waals surface area contributed by atoms with E-state index in [9.17, 15) is 4.79 Å². The van der Waals surface area contributed by atoms with Crippen LogP contribution in [0, 0.1) is 0 Å². The highest BCUT2D eigenvalue weighted by Crippen LogP contribution is 2.36. The molecule has 1 heterocycles. The molecule has 1 N–H and O–H groups in total. The summed E-state index contributed by atoms with van der Waals surface area (Å²) in [6, 6.07) is 24.8. The number of rotatable bonds is 7. The van der Waals surface area contributed by atoms with Crippen molar-refractivity contribution in [2.75, 3.05) is 19.5 Å². The lowest BCUT2D eigenvalue weighted by molar-refractivity contribution is -0.115. The summed E-state index contributed by atoms with van der Waals surface area (Å²) in [6.07, 6.45) is 1.78. The first kappa shape index (κ1) is 22.2. The Labute approximate surface area is 202 Å². The highest BCUT2D eigenvalue weighted by molar-refractivity contribution is 5.95. The molecule has 35 heavy (non-hydrogen) atoms. The molecule has 0 unspecified atom stereocenters. The summed E-state index contributed by atoms with van der Waals surface area (Å²) in [5.74, 6) is 2.15. The predicted octanol–water partition coefficient (Wildman–Crippen LogP) is 5.77. The van der Waals surface area contributed by atoms with E-state index in [1.807, 2.05) is 66.7 Å². The van der Waals surface area contributed by atoms with Gasteiger partial charge in [0, 0.05) is 11.8 Å². The van der Waals surface area contributed by atoms with Crippen LogP contribution in [-0.2, 0) is 11.2 Å². The van der Waals surface area contributed by atoms with Crippen molar-refractivity contribution in [2.45, 2.75) is 6.42 Å². The zero-order chi connectivity index (χ0) is 24.2. The number of nitrogens with zero attached hydrogens (tertiary/aromatic N) is 2. The maximum atomic E-state index is 12.4. The van der Waals surface area contributed by atoms with Crippen LogP contribution in [-0.4, -0.2) is 30.1 Å². The summed E-state index contributed by atoms with van der Waals surface area (Å²) in [4.78, 5) is 21.0. The Bertz CT molecular complexity index is 1520. The second-order valence-corrected chi connectivity index (χ2v) is 7.94. The van der Waals surface area contributed by atoms with Gasteiger partial charge in [0.05, 0.1) is 31.5 Å². The van der Waals surface area contributed by atoms with Gasteiger partial charge >= 0.3 is 0 Å². The van der Waals surface area contributed by atoms with Crippen molar-refractivity contribution in [3.05, 3.63) is 90.8 Å². The van der Waals surface area contributed by atoms with Gasteiger partial charge in [-0.2, -0.15) is 0 Å². The molecule has 0 saturated heterocycles. The molecule has 0 atom stereocenters. The fourth-order valence-corrected chi connectivity index (χ4v) is 3.90. The monoisotopic (exact) mass is 465 g/mol. The van der Waals surface area contributed by atoms with Gasteiger partial charge in [-0.15, -0.1) is 0 Å². The molecule has 0 saturated carbocycles. The number of hydrogen-bond acceptors (Lipinski definition) is 6. The molecule has 5 rings (SSSR count). The van der Waals surface area contributed by atoms with E-state index < -0.39 is 0 Å². The van der Waals surface area contributed by atoms with Gasteiger partial charge in [-0.1, -0.05) is 42.5 Å². The summed E-state index contributed by atoms with van der Waals surface area (Å²) in [7, 11) is 3.16. The van der Waals surface area contributed by atoms with Crippen molar-refractivity contribution in [2.24, 2.45) is 0 Å². The molecule has 174 valence electrons. The maximum Gasteiger partial charge on any atom is 0.230 e. The molecule has 0 fully saturated rings. The van der Waals surface area contributed by atoms with Gasteiger partial charge in [0.15, 0.2) is 11.5 Å². The average molecular weight is 466 g/mol. The molecule has 0 bridgehead atoms. The molecule has 0 aliphatic carbocycles. The first-order valence-corrected chi connectivity index (χ1v) is 11.0. The minimum absolute atomic E-state index is 0.0572. The average Bonchev–Trinajstić information content (AvgIpc) is 2.88. The van der Waals surface area contributed by atoms with Gasteiger partial charge in [-0.05, 0) is 46.7 Å². The first-order valence-electron chi connectivity index (χ1n) is 11.0. The fourth-order valence-electron chi connectivity index (χ4n) is 3.90. The molecule has 1 amide bonds. The van der Waals surface area contributed by atoms with E-state index >= 15 is 0 Å². The highest BCUT2D eigenvalue weighted by Gasteiger charge is 2.13. The fraction of sp³-hybridized carbons (Fsp3) is 0.107. The summed E-state index contributed by atoms with van der Waals surface area (Å²) in [5, 5.41) is 5.63. The van der Waals surface area contributed by atoms with Crippen molar-refractivity contribution in [3.8, 4) is 23.1 Å². The topological polar surface area (TPSA) is 82.6 Å². The number of nitrogens with one attached hydrogen (secondary N) is 1. The third kappa shape index (κ3) is 4.84. The minimum atomic E-state index is -0.0572. The number of carbonyl (C=O) groups excluding carboxylic acids is 1. The number of fused-ring (bicyclic) bond motifs is 2. The maximum absolute atomic E-state index is 12.4. The molecule has 0 radical (unpaired) electrons. The number of ether oxygens (including phenoxy) is 3.